The molecule has 0 unspecified atom stereocenters. The lowest BCUT2D eigenvalue weighted by Crippen LogP contribution is -2.47. The summed E-state index contributed by atoms with van der Waals surface area (Å²) in [6, 6.07) is 9.11. The summed E-state index contributed by atoms with van der Waals surface area (Å²) in [4.78, 5) is 6.07. The lowest BCUT2D eigenvalue weighted by atomic mass is 9.73. The van der Waals surface area contributed by atoms with E-state index in [9.17, 15) is 17.6 Å². The summed E-state index contributed by atoms with van der Waals surface area (Å²) in [7, 11) is 1.67. The third-order valence-electron chi connectivity index (χ3n) is 5.60. The summed E-state index contributed by atoms with van der Waals surface area (Å²) >= 11 is 0. The average molecular weight is 405 g/mol. The number of rotatable bonds is 4. The van der Waals surface area contributed by atoms with Crippen LogP contribution in [-0.2, 0) is 11.5 Å². The number of benzene rings is 2. The third kappa shape index (κ3) is 3.50. The van der Waals surface area contributed by atoms with E-state index in [1.165, 1.54) is 25.1 Å². The Bertz CT molecular complexity index is 969. The van der Waals surface area contributed by atoms with Crippen LogP contribution in [0.2, 0.25) is 0 Å². The first kappa shape index (κ1) is 20.9. The maximum absolute atomic E-state index is 14.7. The van der Waals surface area contributed by atoms with Crippen molar-refractivity contribution in [3.8, 4) is 0 Å². The number of hydrogen-bond donors (Lipinski definition) is 1. The molecule has 7 heteroatoms. The number of aliphatic imine (C=N–C) groups is 1. The highest BCUT2D eigenvalue weighted by molar-refractivity contribution is 5.82. The van der Waals surface area contributed by atoms with E-state index in [2.05, 4.69) is 11.6 Å². The molecule has 3 nitrogen and oxygen atoms in total. The Hall–Kier alpha value is -2.83. The molecule has 0 radical (unpaired) electrons. The van der Waals surface area contributed by atoms with Crippen LogP contribution >= 0.6 is 0 Å². The maximum atomic E-state index is 14.7. The van der Waals surface area contributed by atoms with E-state index in [-0.39, 0.29) is 23.5 Å². The van der Waals surface area contributed by atoms with Crippen LogP contribution < -0.4 is 5.73 Å². The number of halogens is 4. The van der Waals surface area contributed by atoms with Crippen molar-refractivity contribution >= 4 is 5.96 Å². The first-order chi connectivity index (χ1) is 13.5. The van der Waals surface area contributed by atoms with Gasteiger partial charge in [0.2, 0.25) is 0 Å². The van der Waals surface area contributed by atoms with Gasteiger partial charge in [-0.25, -0.2) is 22.6 Å². The molecule has 0 aromatic heterocycles. The van der Waals surface area contributed by atoms with Crippen molar-refractivity contribution in [1.82, 2.24) is 4.90 Å². The number of hydrogen-bond acceptors (Lipinski definition) is 3. The normalized spacial score (nSPS) is 22.6. The molecule has 154 valence electrons. The summed E-state index contributed by atoms with van der Waals surface area (Å²) in [5.41, 5.74) is 5.98. The van der Waals surface area contributed by atoms with Crippen molar-refractivity contribution in [2.45, 2.75) is 37.6 Å². The first-order valence-electron chi connectivity index (χ1n) is 9.23. The first-order valence-corrected chi connectivity index (χ1v) is 9.23. The van der Waals surface area contributed by atoms with Gasteiger partial charge in [0.1, 0.15) is 17.2 Å². The van der Waals surface area contributed by atoms with Crippen LogP contribution in [0.25, 0.3) is 0 Å². The Morgan fingerprint density at radius 2 is 1.79 bits per heavy atom. The van der Waals surface area contributed by atoms with Gasteiger partial charge in [-0.15, -0.1) is 0 Å². The van der Waals surface area contributed by atoms with Crippen molar-refractivity contribution < 1.29 is 17.6 Å². The molecule has 0 spiro atoms. The zero-order chi connectivity index (χ0) is 21.6. The summed E-state index contributed by atoms with van der Waals surface area (Å²) < 4.78 is 56.2. The minimum absolute atomic E-state index is 0.101. The van der Waals surface area contributed by atoms with Crippen molar-refractivity contribution in [3.05, 3.63) is 83.1 Å². The van der Waals surface area contributed by atoms with Gasteiger partial charge in [0.25, 0.3) is 5.92 Å². The van der Waals surface area contributed by atoms with Gasteiger partial charge < -0.3 is 10.6 Å². The summed E-state index contributed by atoms with van der Waals surface area (Å²) in [5, 5.41) is 0. The van der Waals surface area contributed by atoms with Crippen LogP contribution in [0.1, 0.15) is 42.9 Å². The number of alkyl halides is 2. The van der Waals surface area contributed by atoms with Gasteiger partial charge >= 0.3 is 0 Å². The van der Waals surface area contributed by atoms with E-state index in [0.717, 1.165) is 12.1 Å². The highest BCUT2D eigenvalue weighted by Crippen LogP contribution is 2.48. The second-order valence-corrected chi connectivity index (χ2v) is 7.41. The van der Waals surface area contributed by atoms with Gasteiger partial charge in [0.15, 0.2) is 5.96 Å². The van der Waals surface area contributed by atoms with Crippen molar-refractivity contribution in [3.63, 3.8) is 0 Å². The summed E-state index contributed by atoms with van der Waals surface area (Å²) in [6.07, 6.45) is -0.315. The molecule has 0 fully saturated rings. The van der Waals surface area contributed by atoms with Gasteiger partial charge in [-0.05, 0) is 18.6 Å². The third-order valence-corrected chi connectivity index (χ3v) is 5.60. The fourth-order valence-corrected chi connectivity index (χ4v) is 3.80. The zero-order valence-corrected chi connectivity index (χ0v) is 16.5. The van der Waals surface area contributed by atoms with E-state index in [0.29, 0.717) is 11.3 Å². The van der Waals surface area contributed by atoms with E-state index in [1.54, 1.807) is 31.0 Å². The Kier molecular flexibility index (Phi) is 5.19. The maximum Gasteiger partial charge on any atom is 0.273 e. The predicted molar refractivity (Wildman–Crippen MR) is 106 cm³/mol. The Morgan fingerprint density at radius 1 is 1.17 bits per heavy atom. The fourth-order valence-electron chi connectivity index (χ4n) is 3.80. The van der Waals surface area contributed by atoms with Gasteiger partial charge in [0, 0.05) is 36.4 Å². The van der Waals surface area contributed by atoms with Crippen molar-refractivity contribution in [2.24, 2.45) is 10.7 Å². The smallest absolute Gasteiger partial charge is 0.273 e. The number of nitrogens with zero attached hydrogens (tertiary/aromatic N) is 2. The molecule has 1 heterocycles. The number of nitrogens with two attached hydrogens (primary N) is 1. The number of likely N-dealkylation sites (N-methyl/N-ethyl adjacent to an activating group) is 1. The van der Waals surface area contributed by atoms with Crippen LogP contribution in [-0.4, -0.2) is 17.9 Å². The van der Waals surface area contributed by atoms with E-state index in [1.807, 2.05) is 0 Å². The SMILES string of the molecule is C=C1[C@@H](c2ccc(C(F)(F)CC)cc2)[C@@](C)(c2ccc(F)cc2F)N=C(N)N1C. The van der Waals surface area contributed by atoms with Crippen molar-refractivity contribution in [2.75, 3.05) is 7.05 Å². The molecule has 1 aliphatic rings. The molecule has 0 bridgehead atoms. The van der Waals surface area contributed by atoms with Gasteiger partial charge in [-0.2, -0.15) is 0 Å². The standard InChI is InChI=1S/C22H23F4N3/c1-5-22(25,26)15-8-6-14(7-9-15)19-13(2)29(4)20(27)28-21(19,3)17-11-10-16(23)12-18(17)24/h6-12,19H,2,5H2,1,3-4H3,(H2,27,28)/t19-,21+/m0/s1. The molecule has 0 amide bonds. The quantitative estimate of drug-likeness (QED) is 0.707. The van der Waals surface area contributed by atoms with Gasteiger partial charge in [-0.1, -0.05) is 43.8 Å². The minimum atomic E-state index is -2.94. The highest BCUT2D eigenvalue weighted by Gasteiger charge is 2.45. The fraction of sp³-hybridized carbons (Fsp3) is 0.318. The predicted octanol–water partition coefficient (Wildman–Crippen LogP) is 5.24. The molecule has 1 aliphatic heterocycles. The van der Waals surface area contributed by atoms with Crippen LogP contribution in [0.3, 0.4) is 0 Å². The van der Waals surface area contributed by atoms with E-state index >= 15 is 0 Å². The van der Waals surface area contributed by atoms with E-state index < -0.39 is 29.0 Å². The molecule has 0 saturated heterocycles. The Morgan fingerprint density at radius 3 is 2.34 bits per heavy atom. The Labute approximate surface area is 167 Å². The molecule has 0 aliphatic carbocycles. The van der Waals surface area contributed by atoms with Crippen LogP contribution in [0, 0.1) is 11.6 Å². The summed E-state index contributed by atoms with van der Waals surface area (Å²) in [6.45, 7) is 7.17. The second-order valence-electron chi connectivity index (χ2n) is 7.41. The van der Waals surface area contributed by atoms with Crippen LogP contribution in [0.15, 0.2) is 59.7 Å². The topological polar surface area (TPSA) is 41.6 Å². The molecular weight excluding hydrogens is 382 g/mol. The summed E-state index contributed by atoms with van der Waals surface area (Å²) in [5.74, 6) is -4.87. The second kappa shape index (κ2) is 7.21. The lowest BCUT2D eigenvalue weighted by Gasteiger charge is -2.44. The Balaban J connectivity index is 2.17. The molecule has 3 rings (SSSR count). The molecule has 2 atom stereocenters. The zero-order valence-electron chi connectivity index (χ0n) is 16.5. The molecule has 2 aromatic rings. The minimum Gasteiger partial charge on any atom is -0.370 e. The van der Waals surface area contributed by atoms with Gasteiger partial charge in [0.05, 0.1) is 5.92 Å². The molecule has 2 aromatic carbocycles. The van der Waals surface area contributed by atoms with Crippen molar-refractivity contribution in [1.29, 1.82) is 0 Å². The molecule has 29 heavy (non-hydrogen) atoms. The molecule has 0 saturated carbocycles. The monoisotopic (exact) mass is 405 g/mol. The van der Waals surface area contributed by atoms with Crippen LogP contribution in [0.5, 0.6) is 0 Å². The molecular formula is C22H23F4N3. The van der Waals surface area contributed by atoms with Gasteiger partial charge in [-0.3, -0.25) is 0 Å². The largest absolute Gasteiger partial charge is 0.370 e. The average Bonchev–Trinajstić information content (AvgIpc) is 2.66. The van der Waals surface area contributed by atoms with E-state index in [4.69, 9.17) is 5.73 Å². The number of guanidine groups is 1. The molecule has 2 N–H and O–H groups in total. The highest BCUT2D eigenvalue weighted by atomic mass is 19.3. The lowest BCUT2D eigenvalue weighted by molar-refractivity contribution is -0.00830. The van der Waals surface area contributed by atoms with Crippen LogP contribution in [0.4, 0.5) is 17.6 Å².